The van der Waals surface area contributed by atoms with Gasteiger partial charge >= 0.3 is 0 Å². The molecule has 0 aliphatic heterocycles. The van der Waals surface area contributed by atoms with Crippen molar-refractivity contribution in [3.05, 3.63) is 64.1 Å². The highest BCUT2D eigenvalue weighted by Crippen LogP contribution is 2.33. The molecule has 0 unspecified atom stereocenters. The van der Waals surface area contributed by atoms with Gasteiger partial charge in [0.25, 0.3) is 11.5 Å². The molecule has 7 heteroatoms. The van der Waals surface area contributed by atoms with E-state index >= 15 is 0 Å². The number of hydrogen-bond acceptors (Lipinski definition) is 4. The Hall–Kier alpha value is -3.45. The number of aryl methyl sites for hydroxylation is 2. The van der Waals surface area contributed by atoms with Gasteiger partial charge in [-0.2, -0.15) is 0 Å². The molecule has 4 N–H and O–H groups in total. The quantitative estimate of drug-likeness (QED) is 0.454. The predicted molar refractivity (Wildman–Crippen MR) is 124 cm³/mol. The second kappa shape index (κ2) is 9.57. The minimum atomic E-state index is -0.833. The van der Waals surface area contributed by atoms with E-state index in [9.17, 15) is 4.79 Å². The summed E-state index contributed by atoms with van der Waals surface area (Å²) in [4.78, 5) is 29.7. The summed E-state index contributed by atoms with van der Waals surface area (Å²) in [6, 6.07) is 14.1. The first kappa shape index (κ1) is 22.2. The number of H-pyrrole nitrogens is 1. The third-order valence-corrected chi connectivity index (χ3v) is 5.08. The Bertz CT molecular complexity index is 1280. The van der Waals surface area contributed by atoms with Gasteiger partial charge in [0.15, 0.2) is 0 Å². The van der Waals surface area contributed by atoms with Crippen molar-refractivity contribution >= 4 is 27.9 Å². The predicted octanol–water partition coefficient (Wildman–Crippen LogP) is 3.86. The zero-order valence-corrected chi connectivity index (χ0v) is 18.1. The van der Waals surface area contributed by atoms with Crippen molar-refractivity contribution < 1.29 is 9.90 Å². The fourth-order valence-electron chi connectivity index (χ4n) is 3.85. The number of fused-ring (bicyclic) bond motifs is 2. The molecule has 0 fully saturated rings. The standard InChI is InChI=1S/C22H24N4O.C2H4O2/c1-3-18-20(15-7-4-5-8-19(15)26(18)12-6-11-23)21-22(27)25-16-10-9-14(2)13-17(16)24-21;1-2(3)4/h4-5,7-10,13H,3,6,11-12,23H2,1-2H3,(H,25,27);1H3,(H,3,4). The van der Waals surface area contributed by atoms with Crippen molar-refractivity contribution in [1.82, 2.24) is 14.5 Å². The number of rotatable bonds is 5. The van der Waals surface area contributed by atoms with E-state index in [1.807, 2.05) is 37.3 Å². The number of benzene rings is 2. The normalized spacial score (nSPS) is 10.8. The van der Waals surface area contributed by atoms with Crippen molar-refractivity contribution in [3.8, 4) is 11.3 Å². The van der Waals surface area contributed by atoms with E-state index in [4.69, 9.17) is 20.6 Å². The molecule has 0 atom stereocenters. The van der Waals surface area contributed by atoms with E-state index in [1.54, 1.807) is 0 Å². The van der Waals surface area contributed by atoms with E-state index in [1.165, 1.54) is 0 Å². The largest absolute Gasteiger partial charge is 0.481 e. The summed E-state index contributed by atoms with van der Waals surface area (Å²) in [6.45, 7) is 6.71. The first-order valence-corrected chi connectivity index (χ1v) is 10.4. The van der Waals surface area contributed by atoms with Gasteiger partial charge in [0.05, 0.1) is 11.0 Å². The van der Waals surface area contributed by atoms with Gasteiger partial charge in [0.1, 0.15) is 5.69 Å². The lowest BCUT2D eigenvalue weighted by molar-refractivity contribution is -0.134. The highest BCUT2D eigenvalue weighted by atomic mass is 16.4. The van der Waals surface area contributed by atoms with Crippen molar-refractivity contribution in [2.24, 2.45) is 5.73 Å². The maximum Gasteiger partial charge on any atom is 0.300 e. The second-order valence-corrected chi connectivity index (χ2v) is 7.44. The molecule has 0 aliphatic rings. The van der Waals surface area contributed by atoms with Crippen LogP contribution in [0, 0.1) is 6.92 Å². The topological polar surface area (TPSA) is 114 Å². The molecule has 2 heterocycles. The Morgan fingerprint density at radius 2 is 1.94 bits per heavy atom. The summed E-state index contributed by atoms with van der Waals surface area (Å²) in [7, 11) is 0. The first-order valence-electron chi connectivity index (χ1n) is 10.4. The molecule has 0 saturated carbocycles. The summed E-state index contributed by atoms with van der Waals surface area (Å²) in [5.41, 5.74) is 12.0. The molecule has 0 radical (unpaired) electrons. The van der Waals surface area contributed by atoms with Crippen LogP contribution in [0.3, 0.4) is 0 Å². The number of carboxylic acids is 1. The van der Waals surface area contributed by atoms with Crippen molar-refractivity contribution in [1.29, 1.82) is 0 Å². The number of nitrogens with one attached hydrogen (secondary N) is 1. The second-order valence-electron chi connectivity index (χ2n) is 7.44. The monoisotopic (exact) mass is 420 g/mol. The number of carboxylic acid groups (broad SMARTS) is 1. The van der Waals surface area contributed by atoms with E-state index in [2.05, 4.69) is 28.6 Å². The summed E-state index contributed by atoms with van der Waals surface area (Å²) in [5, 5.41) is 8.48. The number of para-hydroxylation sites is 1. The number of carbonyl (C=O) groups is 1. The van der Waals surface area contributed by atoms with Gasteiger partial charge in [-0.1, -0.05) is 31.2 Å². The van der Waals surface area contributed by atoms with Gasteiger partial charge in [-0.25, -0.2) is 4.98 Å². The van der Waals surface area contributed by atoms with Crippen LogP contribution in [0.5, 0.6) is 0 Å². The maximum atomic E-state index is 12.9. The Morgan fingerprint density at radius 1 is 1.23 bits per heavy atom. The molecule has 0 bridgehead atoms. The van der Waals surface area contributed by atoms with Crippen LogP contribution in [-0.2, 0) is 17.8 Å². The average Bonchev–Trinajstić information content (AvgIpc) is 3.05. The molecule has 0 saturated heterocycles. The summed E-state index contributed by atoms with van der Waals surface area (Å²) >= 11 is 0. The molecule has 0 spiro atoms. The minimum absolute atomic E-state index is 0.150. The Kier molecular flexibility index (Phi) is 6.87. The van der Waals surface area contributed by atoms with Crippen LogP contribution in [0.2, 0.25) is 0 Å². The number of aromatic nitrogens is 3. The first-order chi connectivity index (χ1) is 14.9. The fourth-order valence-corrected chi connectivity index (χ4v) is 3.85. The van der Waals surface area contributed by atoms with E-state index in [0.29, 0.717) is 12.2 Å². The number of hydrogen-bond donors (Lipinski definition) is 3. The molecule has 2 aromatic heterocycles. The van der Waals surface area contributed by atoms with Gasteiger partial charge in [-0.05, 0) is 50.1 Å². The molecule has 0 aliphatic carbocycles. The van der Waals surface area contributed by atoms with Crippen LogP contribution in [-0.4, -0.2) is 32.2 Å². The number of nitrogens with two attached hydrogens (primary N) is 1. The summed E-state index contributed by atoms with van der Waals surface area (Å²) in [6.07, 6.45) is 1.72. The van der Waals surface area contributed by atoms with Crippen LogP contribution in [0.15, 0.2) is 47.3 Å². The van der Waals surface area contributed by atoms with E-state index in [-0.39, 0.29) is 5.56 Å². The maximum absolute atomic E-state index is 12.9. The lowest BCUT2D eigenvalue weighted by Crippen LogP contribution is -2.13. The number of aliphatic carboxylic acids is 1. The van der Waals surface area contributed by atoms with Gasteiger partial charge < -0.3 is 20.4 Å². The van der Waals surface area contributed by atoms with Crippen LogP contribution < -0.4 is 11.3 Å². The Balaban J connectivity index is 0.000000628. The highest BCUT2D eigenvalue weighted by molar-refractivity contribution is 5.98. The number of nitrogens with zero attached hydrogens (tertiary/aromatic N) is 2. The molecular weight excluding hydrogens is 392 g/mol. The molecule has 0 amide bonds. The lowest BCUT2D eigenvalue weighted by atomic mass is 10.1. The molecule has 4 aromatic rings. The lowest BCUT2D eigenvalue weighted by Gasteiger charge is -2.10. The Morgan fingerprint density at radius 3 is 2.61 bits per heavy atom. The highest BCUT2D eigenvalue weighted by Gasteiger charge is 2.20. The molecule has 2 aromatic carbocycles. The fraction of sp³-hybridized carbons (Fsp3) is 0.292. The summed E-state index contributed by atoms with van der Waals surface area (Å²) in [5.74, 6) is -0.833. The summed E-state index contributed by atoms with van der Waals surface area (Å²) < 4.78 is 2.29. The molecular formula is C24H28N4O3. The smallest absolute Gasteiger partial charge is 0.300 e. The molecule has 7 nitrogen and oxygen atoms in total. The van der Waals surface area contributed by atoms with E-state index < -0.39 is 5.97 Å². The molecule has 31 heavy (non-hydrogen) atoms. The van der Waals surface area contributed by atoms with Crippen LogP contribution in [0.25, 0.3) is 33.2 Å². The van der Waals surface area contributed by atoms with Crippen molar-refractivity contribution in [3.63, 3.8) is 0 Å². The number of aromatic amines is 1. The molecule has 4 rings (SSSR count). The van der Waals surface area contributed by atoms with E-state index in [0.717, 1.165) is 65.1 Å². The minimum Gasteiger partial charge on any atom is -0.481 e. The molecule has 162 valence electrons. The SMILES string of the molecule is CC(=O)O.CCc1c(-c2nc3cc(C)ccc3[nH]c2=O)c2ccccc2n1CCCN. The van der Waals surface area contributed by atoms with Gasteiger partial charge in [0, 0.05) is 35.6 Å². The van der Waals surface area contributed by atoms with Crippen LogP contribution in [0.1, 0.15) is 31.5 Å². The third-order valence-electron chi connectivity index (χ3n) is 5.08. The van der Waals surface area contributed by atoms with Crippen molar-refractivity contribution in [2.45, 2.75) is 40.2 Å². The Labute approximate surface area is 180 Å². The van der Waals surface area contributed by atoms with Crippen molar-refractivity contribution in [2.75, 3.05) is 6.54 Å². The van der Waals surface area contributed by atoms with Crippen LogP contribution >= 0.6 is 0 Å². The van der Waals surface area contributed by atoms with Gasteiger partial charge in [0.2, 0.25) is 0 Å². The van der Waals surface area contributed by atoms with Crippen LogP contribution in [0.4, 0.5) is 0 Å². The van der Waals surface area contributed by atoms with Gasteiger partial charge in [-0.3, -0.25) is 9.59 Å². The average molecular weight is 421 g/mol. The third kappa shape index (κ3) is 4.67. The zero-order chi connectivity index (χ0) is 22.5. The zero-order valence-electron chi connectivity index (χ0n) is 18.1. The van der Waals surface area contributed by atoms with Gasteiger partial charge in [-0.15, -0.1) is 0 Å².